The molecule has 0 bridgehead atoms. The number of fused-ring (bicyclic) bond motifs is 1. The molecule has 0 aliphatic carbocycles. The maximum Gasteiger partial charge on any atom is 0.274 e. The summed E-state index contributed by atoms with van der Waals surface area (Å²) in [4.78, 5) is 31.9. The van der Waals surface area contributed by atoms with E-state index >= 15 is 0 Å². The van der Waals surface area contributed by atoms with E-state index in [2.05, 4.69) is 10.3 Å². The zero-order valence-corrected chi connectivity index (χ0v) is 16.7. The number of nitrogens with zero attached hydrogens (tertiary/aromatic N) is 3. The first-order valence-corrected chi connectivity index (χ1v) is 10.2. The second-order valence-corrected chi connectivity index (χ2v) is 7.61. The Morgan fingerprint density at radius 3 is 2.76 bits per heavy atom. The summed E-state index contributed by atoms with van der Waals surface area (Å²) in [6.07, 6.45) is 7.54. The highest BCUT2D eigenvalue weighted by atomic mass is 16.2. The number of aromatic nitrogens is 2. The van der Waals surface area contributed by atoms with Crippen LogP contribution in [0.3, 0.4) is 0 Å². The van der Waals surface area contributed by atoms with Gasteiger partial charge < -0.3 is 14.6 Å². The van der Waals surface area contributed by atoms with E-state index in [-0.39, 0.29) is 17.9 Å². The van der Waals surface area contributed by atoms with Gasteiger partial charge in [0.15, 0.2) is 0 Å². The molecular formula is C23H26N4O2. The summed E-state index contributed by atoms with van der Waals surface area (Å²) in [5.41, 5.74) is 3.01. The first kappa shape index (κ1) is 19.2. The van der Waals surface area contributed by atoms with Crippen LogP contribution in [-0.2, 0) is 0 Å². The number of carbonyl (C=O) groups excluding carboxylic acids is 2. The maximum absolute atomic E-state index is 13.2. The lowest BCUT2D eigenvalue weighted by atomic mass is 9.98. The molecule has 0 radical (unpaired) electrons. The molecule has 1 saturated heterocycles. The Hall–Kier alpha value is -3.15. The number of nitrogens with one attached hydrogen (secondary N) is 1. The summed E-state index contributed by atoms with van der Waals surface area (Å²) >= 11 is 0. The summed E-state index contributed by atoms with van der Waals surface area (Å²) < 4.78 is 1.90. The maximum atomic E-state index is 13.2. The van der Waals surface area contributed by atoms with Crippen LogP contribution in [0.25, 0.3) is 5.65 Å². The van der Waals surface area contributed by atoms with Gasteiger partial charge >= 0.3 is 0 Å². The minimum atomic E-state index is -0.0740. The lowest BCUT2D eigenvalue weighted by Gasteiger charge is -2.35. The van der Waals surface area contributed by atoms with E-state index in [1.54, 1.807) is 12.1 Å². The quantitative estimate of drug-likeness (QED) is 0.726. The van der Waals surface area contributed by atoms with Crippen molar-refractivity contribution in [1.82, 2.24) is 19.6 Å². The first-order valence-electron chi connectivity index (χ1n) is 10.2. The van der Waals surface area contributed by atoms with Crippen molar-refractivity contribution in [2.24, 2.45) is 0 Å². The fourth-order valence-electron chi connectivity index (χ4n) is 4.02. The highest BCUT2D eigenvalue weighted by molar-refractivity contribution is 5.94. The van der Waals surface area contributed by atoms with E-state index < -0.39 is 0 Å². The minimum absolute atomic E-state index is 0.0211. The molecule has 6 heteroatoms. The van der Waals surface area contributed by atoms with Gasteiger partial charge in [-0.1, -0.05) is 24.3 Å². The first-order chi connectivity index (χ1) is 14.1. The van der Waals surface area contributed by atoms with Crippen LogP contribution in [0.2, 0.25) is 0 Å². The number of pyridine rings is 1. The summed E-state index contributed by atoms with van der Waals surface area (Å²) in [6.45, 7) is 3.28. The standard InChI is InChI=1S/C23H26N4O2/c1-17-8-7-14-26-16-20(25-21(17)26)23(29)27-15-6-5-11-19(27)12-13-24-22(28)18-9-3-2-4-10-18/h2-4,7-10,14,16,19H,5-6,11-13,15H2,1H3,(H,24,28)/t19-/m1/s1. The molecule has 4 rings (SSSR count). The third-order valence-electron chi connectivity index (χ3n) is 5.58. The molecule has 0 spiro atoms. The van der Waals surface area contributed by atoms with E-state index in [0.29, 0.717) is 17.8 Å². The van der Waals surface area contributed by atoms with Crippen molar-refractivity contribution in [3.63, 3.8) is 0 Å². The molecule has 1 aromatic carbocycles. The number of hydrogen-bond acceptors (Lipinski definition) is 3. The highest BCUT2D eigenvalue weighted by Gasteiger charge is 2.28. The average molecular weight is 390 g/mol. The van der Waals surface area contributed by atoms with Crippen LogP contribution >= 0.6 is 0 Å². The summed E-state index contributed by atoms with van der Waals surface area (Å²) in [5.74, 6) is -0.0951. The van der Waals surface area contributed by atoms with Crippen LogP contribution in [0.1, 0.15) is 52.1 Å². The van der Waals surface area contributed by atoms with E-state index in [0.717, 1.165) is 43.4 Å². The summed E-state index contributed by atoms with van der Waals surface area (Å²) in [6, 6.07) is 13.3. The van der Waals surface area contributed by atoms with Gasteiger partial charge in [0, 0.05) is 37.1 Å². The molecule has 2 aromatic heterocycles. The van der Waals surface area contributed by atoms with Crippen molar-refractivity contribution in [3.05, 3.63) is 71.7 Å². The van der Waals surface area contributed by atoms with Crippen LogP contribution in [-0.4, -0.2) is 45.2 Å². The van der Waals surface area contributed by atoms with Gasteiger partial charge in [0.05, 0.1) is 0 Å². The molecule has 1 aliphatic rings. The van der Waals surface area contributed by atoms with Crippen LogP contribution in [0.5, 0.6) is 0 Å². The number of hydrogen-bond donors (Lipinski definition) is 1. The molecule has 2 amide bonds. The van der Waals surface area contributed by atoms with Crippen LogP contribution < -0.4 is 5.32 Å². The van der Waals surface area contributed by atoms with Crippen molar-refractivity contribution < 1.29 is 9.59 Å². The summed E-state index contributed by atoms with van der Waals surface area (Å²) in [5, 5.41) is 2.98. The van der Waals surface area contributed by atoms with Gasteiger partial charge in [0.2, 0.25) is 0 Å². The molecule has 1 N–H and O–H groups in total. The van der Waals surface area contributed by atoms with Crippen molar-refractivity contribution in [2.75, 3.05) is 13.1 Å². The monoisotopic (exact) mass is 390 g/mol. The third kappa shape index (κ3) is 4.16. The van der Waals surface area contributed by atoms with Gasteiger partial charge in [-0.3, -0.25) is 9.59 Å². The number of amides is 2. The Morgan fingerprint density at radius 2 is 1.97 bits per heavy atom. The van der Waals surface area contributed by atoms with Crippen LogP contribution in [0, 0.1) is 6.92 Å². The van der Waals surface area contributed by atoms with E-state index in [1.165, 1.54) is 0 Å². The molecule has 0 saturated carbocycles. The summed E-state index contributed by atoms with van der Waals surface area (Å²) in [7, 11) is 0. The zero-order chi connectivity index (χ0) is 20.2. The Labute approximate surface area is 170 Å². The number of rotatable bonds is 5. The van der Waals surface area contributed by atoms with Gasteiger partial charge in [-0.15, -0.1) is 0 Å². The van der Waals surface area contributed by atoms with E-state index in [4.69, 9.17) is 0 Å². The Bertz CT molecular complexity index is 1010. The van der Waals surface area contributed by atoms with Gasteiger partial charge in [0.1, 0.15) is 11.3 Å². The van der Waals surface area contributed by atoms with Crippen LogP contribution in [0.15, 0.2) is 54.9 Å². The Kier molecular flexibility index (Phi) is 5.60. The smallest absolute Gasteiger partial charge is 0.274 e. The fraction of sp³-hybridized carbons (Fsp3) is 0.348. The number of benzene rings is 1. The lowest BCUT2D eigenvalue weighted by Crippen LogP contribution is -2.45. The minimum Gasteiger partial charge on any atom is -0.352 e. The van der Waals surface area contributed by atoms with Crippen molar-refractivity contribution >= 4 is 17.5 Å². The van der Waals surface area contributed by atoms with Crippen LogP contribution in [0.4, 0.5) is 0 Å². The molecule has 6 nitrogen and oxygen atoms in total. The third-order valence-corrected chi connectivity index (χ3v) is 5.58. The number of carbonyl (C=O) groups is 2. The molecular weight excluding hydrogens is 364 g/mol. The second kappa shape index (κ2) is 8.47. The zero-order valence-electron chi connectivity index (χ0n) is 16.7. The predicted molar refractivity (Wildman–Crippen MR) is 112 cm³/mol. The van der Waals surface area contributed by atoms with E-state index in [1.807, 2.05) is 58.9 Å². The fourth-order valence-corrected chi connectivity index (χ4v) is 4.02. The molecule has 3 heterocycles. The SMILES string of the molecule is Cc1cccn2cc(C(=O)N3CCCC[C@@H]3CCNC(=O)c3ccccc3)nc12. The average Bonchev–Trinajstić information content (AvgIpc) is 3.20. The highest BCUT2D eigenvalue weighted by Crippen LogP contribution is 2.22. The number of likely N-dealkylation sites (tertiary alicyclic amines) is 1. The molecule has 1 atom stereocenters. The van der Waals surface area contributed by atoms with E-state index in [9.17, 15) is 9.59 Å². The lowest BCUT2D eigenvalue weighted by molar-refractivity contribution is 0.0596. The van der Waals surface area contributed by atoms with Crippen molar-refractivity contribution in [3.8, 4) is 0 Å². The number of imidazole rings is 1. The van der Waals surface area contributed by atoms with Gasteiger partial charge in [-0.2, -0.15) is 0 Å². The topological polar surface area (TPSA) is 66.7 Å². The predicted octanol–water partition coefficient (Wildman–Crippen LogP) is 3.46. The number of aryl methyl sites for hydroxylation is 1. The molecule has 3 aromatic rings. The Morgan fingerprint density at radius 1 is 1.14 bits per heavy atom. The largest absolute Gasteiger partial charge is 0.352 e. The number of piperidine rings is 1. The normalized spacial score (nSPS) is 16.7. The van der Waals surface area contributed by atoms with Gasteiger partial charge in [0.25, 0.3) is 11.8 Å². The molecule has 1 aliphatic heterocycles. The van der Waals surface area contributed by atoms with Crippen molar-refractivity contribution in [2.45, 2.75) is 38.6 Å². The molecule has 29 heavy (non-hydrogen) atoms. The van der Waals surface area contributed by atoms with Gasteiger partial charge in [-0.25, -0.2) is 4.98 Å². The Balaban J connectivity index is 1.42. The molecule has 150 valence electrons. The second-order valence-electron chi connectivity index (χ2n) is 7.61. The molecule has 0 unspecified atom stereocenters. The van der Waals surface area contributed by atoms with Crippen molar-refractivity contribution in [1.29, 1.82) is 0 Å². The van der Waals surface area contributed by atoms with Gasteiger partial charge in [-0.05, 0) is 56.4 Å². The molecule has 1 fully saturated rings.